The van der Waals surface area contributed by atoms with E-state index in [1.807, 2.05) is 12.1 Å². The maximum absolute atomic E-state index is 7.82. The zero-order chi connectivity index (χ0) is 32.5. The van der Waals surface area contributed by atoms with E-state index < -0.39 is 0 Å². The van der Waals surface area contributed by atoms with Crippen molar-refractivity contribution in [3.05, 3.63) is 186 Å². The van der Waals surface area contributed by atoms with Gasteiger partial charge in [-0.05, 0) is 111 Å². The molecule has 0 heterocycles. The third-order valence-corrected chi connectivity index (χ3v) is 10.5. The Labute approximate surface area is 285 Å². The maximum Gasteiger partial charge on any atom is 0.191 e. The van der Waals surface area contributed by atoms with Gasteiger partial charge in [0, 0.05) is 0 Å². The van der Waals surface area contributed by atoms with Crippen LogP contribution in [0.4, 0.5) is 5.69 Å². The number of rotatable bonds is 3. The van der Waals surface area contributed by atoms with E-state index in [0.717, 1.165) is 17.7 Å². The zero-order valence-electron chi connectivity index (χ0n) is 26.7. The number of benzene rings is 9. The summed E-state index contributed by atoms with van der Waals surface area (Å²) in [7, 11) is 0. The lowest BCUT2D eigenvalue weighted by molar-refractivity contribution is 1.27. The predicted molar refractivity (Wildman–Crippen MR) is 207 cm³/mol. The van der Waals surface area contributed by atoms with Gasteiger partial charge in [0.1, 0.15) is 0 Å². The fourth-order valence-corrected chi connectivity index (χ4v) is 8.41. The van der Waals surface area contributed by atoms with Gasteiger partial charge in [-0.3, -0.25) is 0 Å². The predicted octanol–water partition coefficient (Wildman–Crippen LogP) is 13.4. The van der Waals surface area contributed by atoms with Crippen molar-refractivity contribution in [1.82, 2.24) is 0 Å². The molecule has 226 valence electrons. The molecule has 0 atom stereocenters. The van der Waals surface area contributed by atoms with Crippen molar-refractivity contribution in [1.29, 1.82) is 0 Å². The molecule has 0 bridgehead atoms. The molecule has 0 spiro atoms. The van der Waals surface area contributed by atoms with Crippen LogP contribution < -0.4 is 0 Å². The largest absolute Gasteiger partial charge is 0.238 e. The van der Waals surface area contributed by atoms with Gasteiger partial charge < -0.3 is 0 Å². The first-order chi connectivity index (χ1) is 24.3. The minimum atomic E-state index is 0.752. The number of hydrogen-bond donors (Lipinski definition) is 0. The van der Waals surface area contributed by atoms with E-state index in [0.29, 0.717) is 0 Å². The van der Waals surface area contributed by atoms with Crippen molar-refractivity contribution in [3.63, 3.8) is 0 Å². The molecule has 1 aliphatic carbocycles. The number of fused-ring (bicyclic) bond motifs is 7. The Kier molecular flexibility index (Phi) is 6.07. The van der Waals surface area contributed by atoms with Crippen molar-refractivity contribution in [3.8, 4) is 44.5 Å². The molecule has 49 heavy (non-hydrogen) atoms. The lowest BCUT2D eigenvalue weighted by atomic mass is 9.82. The Bertz CT molecular complexity index is 2860. The number of nitrogens with zero attached hydrogens (tertiary/aromatic N) is 1. The molecule has 0 fully saturated rings. The zero-order valence-corrected chi connectivity index (χ0v) is 26.7. The van der Waals surface area contributed by atoms with Gasteiger partial charge in [0.2, 0.25) is 0 Å². The van der Waals surface area contributed by atoms with Crippen molar-refractivity contribution >= 4 is 48.8 Å². The smallest absolute Gasteiger partial charge is 0.191 e. The Hall–Kier alpha value is -6.49. The summed E-state index contributed by atoms with van der Waals surface area (Å²) in [5, 5.41) is 9.98. The Morgan fingerprint density at radius 1 is 0.367 bits per heavy atom. The van der Waals surface area contributed by atoms with Crippen LogP contribution in [0.3, 0.4) is 0 Å². The first-order valence-electron chi connectivity index (χ1n) is 16.9. The van der Waals surface area contributed by atoms with E-state index in [-0.39, 0.29) is 0 Å². The normalized spacial score (nSPS) is 12.0. The van der Waals surface area contributed by atoms with Gasteiger partial charge in [0.15, 0.2) is 5.69 Å². The quantitative estimate of drug-likeness (QED) is 0.137. The standard InChI is InChI=1S/C48H29N/c1-49-46-25-11-22-37-36-21-10-20-35(43(36)29-44(37)46)32-26-27-42-45(28-32)48(39-24-9-15-31-13-3-5-17-34(31)39)41-19-7-6-18-40(41)47(42)38-23-8-14-30-12-2-4-16-33(30)38/h2-28H,29H2. The lowest BCUT2D eigenvalue weighted by Crippen LogP contribution is -1.94. The van der Waals surface area contributed by atoms with Gasteiger partial charge in [-0.2, -0.15) is 0 Å². The van der Waals surface area contributed by atoms with Gasteiger partial charge in [0.05, 0.1) is 6.57 Å². The molecule has 1 nitrogen and oxygen atoms in total. The SMILES string of the molecule is [C-]#[N+]c1cccc2c1Cc1c(-c3ccc4c(-c5cccc6ccccc56)c5ccccc5c(-c5cccc6ccccc56)c4c3)cccc1-2. The van der Waals surface area contributed by atoms with Gasteiger partial charge in [-0.25, -0.2) is 4.85 Å². The Morgan fingerprint density at radius 2 is 0.837 bits per heavy atom. The molecule has 1 heteroatoms. The van der Waals surface area contributed by atoms with Crippen molar-refractivity contribution < 1.29 is 0 Å². The third-order valence-electron chi connectivity index (χ3n) is 10.5. The van der Waals surface area contributed by atoms with Crippen LogP contribution in [-0.2, 0) is 6.42 Å². The monoisotopic (exact) mass is 619 g/mol. The fourth-order valence-electron chi connectivity index (χ4n) is 8.41. The summed E-state index contributed by atoms with van der Waals surface area (Å²) in [4.78, 5) is 3.88. The van der Waals surface area contributed by atoms with Gasteiger partial charge in [-0.15, -0.1) is 0 Å². The minimum Gasteiger partial charge on any atom is -0.238 e. The molecule has 9 aromatic carbocycles. The van der Waals surface area contributed by atoms with E-state index in [4.69, 9.17) is 6.57 Å². The molecule has 1 aliphatic rings. The second-order valence-corrected chi connectivity index (χ2v) is 13.0. The van der Waals surface area contributed by atoms with Gasteiger partial charge >= 0.3 is 0 Å². The van der Waals surface area contributed by atoms with Crippen LogP contribution in [0.15, 0.2) is 164 Å². The lowest BCUT2D eigenvalue weighted by Gasteiger charge is -2.21. The summed E-state index contributed by atoms with van der Waals surface area (Å²) in [5.41, 5.74) is 13.1. The Balaban J connectivity index is 1.33. The van der Waals surface area contributed by atoms with Crippen LogP contribution >= 0.6 is 0 Å². The molecule has 0 saturated heterocycles. The fraction of sp³-hybridized carbons (Fsp3) is 0.0208. The molecular weight excluding hydrogens is 591 g/mol. The molecule has 0 unspecified atom stereocenters. The van der Waals surface area contributed by atoms with E-state index in [1.54, 1.807) is 0 Å². The number of hydrogen-bond acceptors (Lipinski definition) is 0. The van der Waals surface area contributed by atoms with Crippen molar-refractivity contribution in [2.75, 3.05) is 0 Å². The van der Waals surface area contributed by atoms with E-state index >= 15 is 0 Å². The van der Waals surface area contributed by atoms with Gasteiger partial charge in [-0.1, -0.05) is 158 Å². The maximum atomic E-state index is 7.82. The molecule has 0 N–H and O–H groups in total. The molecule has 9 aromatic rings. The van der Waals surface area contributed by atoms with Crippen LogP contribution in [0.1, 0.15) is 11.1 Å². The summed E-state index contributed by atoms with van der Waals surface area (Å²) in [6.07, 6.45) is 0.770. The molecule has 0 saturated carbocycles. The summed E-state index contributed by atoms with van der Waals surface area (Å²) in [5.74, 6) is 0. The summed E-state index contributed by atoms with van der Waals surface area (Å²) in [6, 6.07) is 59.6. The molecule has 0 radical (unpaired) electrons. The topological polar surface area (TPSA) is 4.36 Å². The second-order valence-electron chi connectivity index (χ2n) is 13.0. The highest BCUT2D eigenvalue weighted by Crippen LogP contribution is 2.49. The van der Waals surface area contributed by atoms with E-state index in [2.05, 4.69) is 157 Å². The highest BCUT2D eigenvalue weighted by atomic mass is 14.6. The minimum absolute atomic E-state index is 0.752. The van der Waals surface area contributed by atoms with Crippen LogP contribution in [0, 0.1) is 6.57 Å². The summed E-state index contributed by atoms with van der Waals surface area (Å²) < 4.78 is 0. The average Bonchev–Trinajstić information content (AvgIpc) is 3.56. The van der Waals surface area contributed by atoms with Crippen LogP contribution in [0.2, 0.25) is 0 Å². The molecule has 0 aromatic heterocycles. The van der Waals surface area contributed by atoms with Crippen LogP contribution in [0.25, 0.3) is 92.4 Å². The van der Waals surface area contributed by atoms with Crippen LogP contribution in [-0.4, -0.2) is 0 Å². The first kappa shape index (κ1) is 27.6. The summed E-state index contributed by atoms with van der Waals surface area (Å²) in [6.45, 7) is 7.82. The van der Waals surface area contributed by atoms with Crippen LogP contribution in [0.5, 0.6) is 0 Å². The van der Waals surface area contributed by atoms with Gasteiger partial charge in [0.25, 0.3) is 0 Å². The first-order valence-corrected chi connectivity index (χ1v) is 16.9. The second kappa shape index (κ2) is 10.8. The third kappa shape index (κ3) is 4.11. The van der Waals surface area contributed by atoms with Crippen molar-refractivity contribution in [2.45, 2.75) is 6.42 Å². The van der Waals surface area contributed by atoms with E-state index in [9.17, 15) is 0 Å². The Morgan fingerprint density at radius 3 is 1.49 bits per heavy atom. The summed E-state index contributed by atoms with van der Waals surface area (Å²) >= 11 is 0. The molecule has 10 rings (SSSR count). The highest BCUT2D eigenvalue weighted by molar-refractivity contribution is 6.25. The van der Waals surface area contributed by atoms with Crippen molar-refractivity contribution in [2.24, 2.45) is 0 Å². The molecule has 0 aliphatic heterocycles. The molecular formula is C48H29N. The highest BCUT2D eigenvalue weighted by Gasteiger charge is 2.25. The average molecular weight is 620 g/mol. The van der Waals surface area contributed by atoms with E-state index in [1.165, 1.54) is 93.2 Å². The molecule has 0 amide bonds.